The number of hydrogen-bond donors (Lipinski definition) is 1. The van der Waals surface area contributed by atoms with Crippen LogP contribution in [0.25, 0.3) is 0 Å². The quantitative estimate of drug-likeness (QED) is 0.0518. The van der Waals surface area contributed by atoms with E-state index in [2.05, 4.69) is 92.8 Å². The van der Waals surface area contributed by atoms with E-state index in [-0.39, 0.29) is 38.0 Å². The van der Waals surface area contributed by atoms with Gasteiger partial charge in [-0.25, -0.2) is 0 Å². The summed E-state index contributed by atoms with van der Waals surface area (Å²) in [4.78, 5) is 24.1. The standard InChI is InChI=1S/C39H62O5/c1-3-5-7-9-11-13-15-17-18-19-20-22-24-26-28-30-32-34-39(42)44-37(35-40)36-43-38(41)33-31-29-27-25-23-21-16-14-12-10-8-6-4-2/h5,7,11,13,17-18,20-23,26-29,37,40H,3-4,6,8-10,12,14-16,19,24-25,30-36H2,1-2H3/b7-5+,13-11+,18-17+,22-20+,23-21+,28-26+,29-27+. The van der Waals surface area contributed by atoms with Gasteiger partial charge in [-0.1, -0.05) is 131 Å². The number of rotatable bonds is 29. The van der Waals surface area contributed by atoms with E-state index >= 15 is 0 Å². The molecule has 0 saturated carbocycles. The van der Waals surface area contributed by atoms with Crippen LogP contribution in [-0.4, -0.2) is 36.4 Å². The average molecular weight is 611 g/mol. The fourth-order valence-electron chi connectivity index (χ4n) is 4.11. The van der Waals surface area contributed by atoms with Crippen LogP contribution in [0.5, 0.6) is 0 Å². The maximum Gasteiger partial charge on any atom is 0.306 e. The fourth-order valence-corrected chi connectivity index (χ4v) is 4.11. The zero-order chi connectivity index (χ0) is 32.2. The van der Waals surface area contributed by atoms with Crippen molar-refractivity contribution in [2.75, 3.05) is 13.2 Å². The lowest BCUT2D eigenvalue weighted by Crippen LogP contribution is -2.28. The molecule has 1 unspecified atom stereocenters. The minimum atomic E-state index is -0.826. The molecule has 0 aliphatic carbocycles. The lowest BCUT2D eigenvalue weighted by atomic mass is 10.1. The number of ether oxygens (including phenoxy) is 2. The van der Waals surface area contributed by atoms with Crippen LogP contribution in [0.2, 0.25) is 0 Å². The molecule has 5 nitrogen and oxygen atoms in total. The molecule has 44 heavy (non-hydrogen) atoms. The molecule has 0 saturated heterocycles. The summed E-state index contributed by atoms with van der Waals surface area (Å²) in [5.41, 5.74) is 0. The van der Waals surface area contributed by atoms with Gasteiger partial charge < -0.3 is 14.6 Å². The van der Waals surface area contributed by atoms with Crippen molar-refractivity contribution in [3.8, 4) is 0 Å². The minimum Gasteiger partial charge on any atom is -0.462 e. The zero-order valence-corrected chi connectivity index (χ0v) is 27.9. The molecule has 1 N–H and O–H groups in total. The summed E-state index contributed by atoms with van der Waals surface area (Å²) in [5, 5.41) is 9.49. The van der Waals surface area contributed by atoms with E-state index < -0.39 is 6.10 Å². The molecule has 0 rings (SSSR count). The summed E-state index contributed by atoms with van der Waals surface area (Å²) in [6.45, 7) is 3.88. The predicted molar refractivity (Wildman–Crippen MR) is 186 cm³/mol. The van der Waals surface area contributed by atoms with Crippen LogP contribution in [0.3, 0.4) is 0 Å². The summed E-state index contributed by atoms with van der Waals surface area (Å²) in [5.74, 6) is -0.749. The molecule has 0 aromatic heterocycles. The highest BCUT2D eigenvalue weighted by Gasteiger charge is 2.15. The molecule has 0 spiro atoms. The molecule has 0 radical (unpaired) electrons. The number of aliphatic hydroxyl groups is 1. The molecule has 0 bridgehead atoms. The third kappa shape index (κ3) is 32.0. The third-order valence-electron chi connectivity index (χ3n) is 6.69. The van der Waals surface area contributed by atoms with Crippen molar-refractivity contribution in [2.24, 2.45) is 0 Å². The first-order valence-corrected chi connectivity index (χ1v) is 17.1. The lowest BCUT2D eigenvalue weighted by Gasteiger charge is -2.15. The van der Waals surface area contributed by atoms with E-state index in [9.17, 15) is 14.7 Å². The number of carbonyl (C=O) groups excluding carboxylic acids is 2. The molecule has 0 amide bonds. The van der Waals surface area contributed by atoms with Crippen LogP contribution < -0.4 is 0 Å². The monoisotopic (exact) mass is 610 g/mol. The van der Waals surface area contributed by atoms with E-state index in [0.29, 0.717) is 12.8 Å². The van der Waals surface area contributed by atoms with Crippen molar-refractivity contribution in [2.45, 2.75) is 136 Å². The summed E-state index contributed by atoms with van der Waals surface area (Å²) < 4.78 is 10.5. The molecule has 0 heterocycles. The number of unbranched alkanes of at least 4 members (excludes halogenated alkanes) is 7. The minimum absolute atomic E-state index is 0.124. The first-order valence-electron chi connectivity index (χ1n) is 17.1. The number of esters is 2. The lowest BCUT2D eigenvalue weighted by molar-refractivity contribution is -0.161. The van der Waals surface area contributed by atoms with Gasteiger partial charge in [0.05, 0.1) is 6.61 Å². The van der Waals surface area contributed by atoms with Crippen molar-refractivity contribution >= 4 is 11.9 Å². The van der Waals surface area contributed by atoms with E-state index in [1.807, 2.05) is 6.08 Å². The average Bonchev–Trinajstić information content (AvgIpc) is 3.02. The number of aliphatic hydroxyl groups excluding tert-OH is 1. The van der Waals surface area contributed by atoms with Gasteiger partial charge in [0.15, 0.2) is 6.10 Å². The highest BCUT2D eigenvalue weighted by Crippen LogP contribution is 2.08. The van der Waals surface area contributed by atoms with Gasteiger partial charge in [0.1, 0.15) is 6.61 Å². The van der Waals surface area contributed by atoms with Gasteiger partial charge in [-0.2, -0.15) is 0 Å². The van der Waals surface area contributed by atoms with Gasteiger partial charge in [-0.05, 0) is 70.6 Å². The molecule has 248 valence electrons. The molecule has 0 fully saturated rings. The Morgan fingerprint density at radius 3 is 1.57 bits per heavy atom. The highest BCUT2D eigenvalue weighted by atomic mass is 16.6. The summed E-state index contributed by atoms with van der Waals surface area (Å²) >= 11 is 0. The Bertz CT molecular complexity index is 875. The molecule has 0 aliphatic rings. The summed E-state index contributed by atoms with van der Waals surface area (Å²) in [7, 11) is 0. The van der Waals surface area contributed by atoms with Crippen LogP contribution in [0.4, 0.5) is 0 Å². The second-order valence-corrected chi connectivity index (χ2v) is 10.9. The predicted octanol–water partition coefficient (Wildman–Crippen LogP) is 10.4. The second-order valence-electron chi connectivity index (χ2n) is 10.9. The summed E-state index contributed by atoms with van der Waals surface area (Å²) in [6, 6.07) is 0. The number of allylic oxidation sites excluding steroid dienone is 14. The van der Waals surface area contributed by atoms with Crippen LogP contribution in [0.1, 0.15) is 129 Å². The molecule has 0 aromatic carbocycles. The van der Waals surface area contributed by atoms with Gasteiger partial charge in [-0.15, -0.1) is 0 Å². The van der Waals surface area contributed by atoms with Crippen LogP contribution in [-0.2, 0) is 19.1 Å². The number of hydrogen-bond acceptors (Lipinski definition) is 5. The topological polar surface area (TPSA) is 72.8 Å². The molecule has 0 aromatic rings. The van der Waals surface area contributed by atoms with Crippen LogP contribution in [0.15, 0.2) is 85.1 Å². The Balaban J connectivity index is 3.81. The van der Waals surface area contributed by atoms with E-state index in [1.165, 1.54) is 38.5 Å². The Morgan fingerprint density at radius 1 is 0.545 bits per heavy atom. The molecule has 5 heteroatoms. The van der Waals surface area contributed by atoms with Crippen LogP contribution >= 0.6 is 0 Å². The van der Waals surface area contributed by atoms with Gasteiger partial charge >= 0.3 is 11.9 Å². The van der Waals surface area contributed by atoms with Gasteiger partial charge in [0, 0.05) is 12.8 Å². The Hall–Kier alpha value is -2.92. The van der Waals surface area contributed by atoms with Crippen molar-refractivity contribution in [3.63, 3.8) is 0 Å². The third-order valence-corrected chi connectivity index (χ3v) is 6.69. The zero-order valence-electron chi connectivity index (χ0n) is 27.9. The van der Waals surface area contributed by atoms with Gasteiger partial charge in [0.25, 0.3) is 0 Å². The van der Waals surface area contributed by atoms with E-state index in [0.717, 1.165) is 51.4 Å². The first-order chi connectivity index (χ1) is 21.6. The SMILES string of the molecule is CC/C=C/C/C=C/C/C=C/C/C=C/C/C=C/CCCC(=O)OC(CO)COC(=O)CC/C=C/C/C=C/CCCCCCCC. The Kier molecular flexibility index (Phi) is 32.3. The maximum absolute atomic E-state index is 12.1. The maximum atomic E-state index is 12.1. The largest absolute Gasteiger partial charge is 0.462 e. The highest BCUT2D eigenvalue weighted by molar-refractivity contribution is 5.70. The number of carbonyl (C=O) groups is 2. The molecule has 0 aliphatic heterocycles. The second kappa shape index (κ2) is 34.6. The van der Waals surface area contributed by atoms with Crippen molar-refractivity contribution in [1.82, 2.24) is 0 Å². The normalized spacial score (nSPS) is 13.2. The molecular formula is C39H62O5. The van der Waals surface area contributed by atoms with Crippen molar-refractivity contribution in [1.29, 1.82) is 0 Å². The smallest absolute Gasteiger partial charge is 0.306 e. The Labute approximate surface area is 269 Å². The van der Waals surface area contributed by atoms with Gasteiger partial charge in [-0.3, -0.25) is 9.59 Å². The van der Waals surface area contributed by atoms with E-state index in [4.69, 9.17) is 9.47 Å². The summed E-state index contributed by atoms with van der Waals surface area (Å²) in [6.07, 6.45) is 46.5. The fraction of sp³-hybridized carbons (Fsp3) is 0.590. The molecule has 1 atom stereocenters. The van der Waals surface area contributed by atoms with E-state index in [1.54, 1.807) is 0 Å². The van der Waals surface area contributed by atoms with Crippen LogP contribution in [0, 0.1) is 0 Å². The van der Waals surface area contributed by atoms with Gasteiger partial charge in [0.2, 0.25) is 0 Å². The Morgan fingerprint density at radius 2 is 1.02 bits per heavy atom. The van der Waals surface area contributed by atoms with Crippen molar-refractivity contribution in [3.05, 3.63) is 85.1 Å². The first kappa shape index (κ1) is 41.1. The molecular weight excluding hydrogens is 548 g/mol. The van der Waals surface area contributed by atoms with Crippen molar-refractivity contribution < 1.29 is 24.2 Å².